The summed E-state index contributed by atoms with van der Waals surface area (Å²) in [4.78, 5) is 4.75. The van der Waals surface area contributed by atoms with E-state index in [2.05, 4.69) is 35.2 Å². The maximum Gasteiger partial charge on any atom is 0.111 e. The fourth-order valence-corrected chi connectivity index (χ4v) is 3.58. The molecule has 1 aromatic carbocycles. The number of nitrogens with zero attached hydrogens (tertiary/aromatic N) is 2. The van der Waals surface area contributed by atoms with Gasteiger partial charge in [-0.05, 0) is 30.9 Å². The van der Waals surface area contributed by atoms with Gasteiger partial charge in [-0.25, -0.2) is 4.98 Å². The summed E-state index contributed by atoms with van der Waals surface area (Å²) in [7, 11) is 2.09. The Balaban J connectivity index is 1.65. The van der Waals surface area contributed by atoms with Gasteiger partial charge in [0.2, 0.25) is 0 Å². The Labute approximate surface area is 126 Å². The molecule has 0 aliphatic heterocycles. The zero-order valence-electron chi connectivity index (χ0n) is 12.9. The molecule has 2 aromatic rings. The first-order valence-electron chi connectivity index (χ1n) is 8.14. The lowest BCUT2D eigenvalue weighted by atomic mass is 9.97. The molecule has 1 atom stereocenters. The Morgan fingerprint density at radius 2 is 2.10 bits per heavy atom. The number of benzene rings is 1. The quantitative estimate of drug-likeness (QED) is 0.634. The standard InChI is InChI=1S/C17H26N4/c1-21-16-9-5-4-8-15(16)19-17(21)12-14(20-18)11-10-13-6-2-3-7-13/h4-5,8-9,13-14,20H,2-3,6-7,10-12,18H2,1H3. The average Bonchev–Trinajstić information content (AvgIpc) is 3.13. The molecular formula is C17H26N4. The number of hydrogen-bond donors (Lipinski definition) is 2. The van der Waals surface area contributed by atoms with Crippen molar-refractivity contribution in [3.8, 4) is 0 Å². The normalized spacial score (nSPS) is 17.6. The van der Waals surface area contributed by atoms with Crippen molar-refractivity contribution in [1.29, 1.82) is 0 Å². The second-order valence-electron chi connectivity index (χ2n) is 6.37. The van der Waals surface area contributed by atoms with E-state index in [0.29, 0.717) is 6.04 Å². The number of fused-ring (bicyclic) bond motifs is 1. The number of hydrazine groups is 1. The molecule has 0 radical (unpaired) electrons. The zero-order valence-corrected chi connectivity index (χ0v) is 12.9. The molecule has 0 amide bonds. The third-order valence-corrected chi connectivity index (χ3v) is 4.94. The minimum absolute atomic E-state index is 0.320. The molecule has 4 heteroatoms. The Kier molecular flexibility index (Phi) is 4.56. The van der Waals surface area contributed by atoms with Crippen molar-refractivity contribution in [2.24, 2.45) is 18.8 Å². The third-order valence-electron chi connectivity index (χ3n) is 4.94. The van der Waals surface area contributed by atoms with Crippen molar-refractivity contribution in [2.45, 2.75) is 51.0 Å². The number of imidazole rings is 1. The number of para-hydroxylation sites is 2. The van der Waals surface area contributed by atoms with E-state index in [4.69, 9.17) is 10.8 Å². The lowest BCUT2D eigenvalue weighted by Crippen LogP contribution is -2.37. The second-order valence-corrected chi connectivity index (χ2v) is 6.37. The molecule has 4 nitrogen and oxygen atoms in total. The summed E-state index contributed by atoms with van der Waals surface area (Å²) in [5, 5.41) is 0. The van der Waals surface area contributed by atoms with Crippen molar-refractivity contribution in [3.63, 3.8) is 0 Å². The smallest absolute Gasteiger partial charge is 0.111 e. The third kappa shape index (κ3) is 3.27. The summed E-state index contributed by atoms with van der Waals surface area (Å²) in [5.41, 5.74) is 5.26. The number of hydrogen-bond acceptors (Lipinski definition) is 3. The van der Waals surface area contributed by atoms with Crippen LogP contribution in [0.15, 0.2) is 24.3 Å². The Morgan fingerprint density at radius 3 is 2.81 bits per heavy atom. The molecule has 114 valence electrons. The predicted molar refractivity (Wildman–Crippen MR) is 86.7 cm³/mol. The van der Waals surface area contributed by atoms with Crippen LogP contribution in [0.3, 0.4) is 0 Å². The van der Waals surface area contributed by atoms with Crippen molar-refractivity contribution < 1.29 is 0 Å². The van der Waals surface area contributed by atoms with Gasteiger partial charge in [-0.1, -0.05) is 37.8 Å². The van der Waals surface area contributed by atoms with Crippen LogP contribution in [0.1, 0.15) is 44.3 Å². The minimum atomic E-state index is 0.320. The molecular weight excluding hydrogens is 260 g/mol. The molecule has 1 saturated carbocycles. The number of aromatic nitrogens is 2. The summed E-state index contributed by atoms with van der Waals surface area (Å²) in [5.74, 6) is 7.80. The highest BCUT2D eigenvalue weighted by molar-refractivity contribution is 5.75. The van der Waals surface area contributed by atoms with E-state index in [1.807, 2.05) is 6.07 Å². The highest BCUT2D eigenvalue weighted by Crippen LogP contribution is 2.29. The largest absolute Gasteiger partial charge is 0.331 e. The molecule has 0 saturated heterocycles. The summed E-state index contributed by atoms with van der Waals surface area (Å²) >= 11 is 0. The van der Waals surface area contributed by atoms with E-state index >= 15 is 0 Å². The summed E-state index contributed by atoms with van der Waals surface area (Å²) in [6.07, 6.45) is 8.97. The van der Waals surface area contributed by atoms with Crippen LogP contribution in [0, 0.1) is 5.92 Å². The molecule has 1 aliphatic carbocycles. The van der Waals surface area contributed by atoms with Gasteiger partial charge in [-0.3, -0.25) is 11.3 Å². The Bertz CT molecular complexity index is 583. The average molecular weight is 286 g/mol. The van der Waals surface area contributed by atoms with Gasteiger partial charge < -0.3 is 4.57 Å². The molecule has 3 rings (SSSR count). The SMILES string of the molecule is Cn1c(CC(CCC2CCCC2)NN)nc2ccccc21. The van der Waals surface area contributed by atoms with Crippen LogP contribution in [0.2, 0.25) is 0 Å². The first-order valence-corrected chi connectivity index (χ1v) is 8.14. The monoisotopic (exact) mass is 286 g/mol. The topological polar surface area (TPSA) is 55.9 Å². The van der Waals surface area contributed by atoms with Gasteiger partial charge in [0.05, 0.1) is 11.0 Å². The van der Waals surface area contributed by atoms with Crippen LogP contribution in [0.25, 0.3) is 11.0 Å². The van der Waals surface area contributed by atoms with E-state index in [1.54, 1.807) is 0 Å². The fraction of sp³-hybridized carbons (Fsp3) is 0.588. The summed E-state index contributed by atoms with van der Waals surface area (Å²) < 4.78 is 2.19. The van der Waals surface area contributed by atoms with Crippen molar-refractivity contribution in [1.82, 2.24) is 15.0 Å². The van der Waals surface area contributed by atoms with Crippen molar-refractivity contribution in [3.05, 3.63) is 30.1 Å². The van der Waals surface area contributed by atoms with Gasteiger partial charge in [-0.2, -0.15) is 0 Å². The summed E-state index contributed by atoms with van der Waals surface area (Å²) in [6.45, 7) is 0. The van der Waals surface area contributed by atoms with Gasteiger partial charge in [0.25, 0.3) is 0 Å². The minimum Gasteiger partial charge on any atom is -0.331 e. The van der Waals surface area contributed by atoms with Crippen molar-refractivity contribution in [2.75, 3.05) is 0 Å². The Morgan fingerprint density at radius 1 is 1.33 bits per heavy atom. The number of rotatable bonds is 6. The van der Waals surface area contributed by atoms with Crippen molar-refractivity contribution >= 4 is 11.0 Å². The van der Waals surface area contributed by atoms with E-state index in [0.717, 1.165) is 30.1 Å². The molecule has 21 heavy (non-hydrogen) atoms. The second kappa shape index (κ2) is 6.58. The van der Waals surface area contributed by atoms with Crippen LogP contribution in [0.5, 0.6) is 0 Å². The van der Waals surface area contributed by atoms with Crippen LogP contribution >= 0.6 is 0 Å². The summed E-state index contributed by atoms with van der Waals surface area (Å²) in [6, 6.07) is 8.61. The van der Waals surface area contributed by atoms with Gasteiger partial charge >= 0.3 is 0 Å². The van der Waals surface area contributed by atoms with Gasteiger partial charge in [0.15, 0.2) is 0 Å². The number of nitrogens with two attached hydrogens (primary N) is 1. The molecule has 0 bridgehead atoms. The van der Waals surface area contributed by atoms with E-state index in [1.165, 1.54) is 37.6 Å². The first kappa shape index (κ1) is 14.5. The van der Waals surface area contributed by atoms with E-state index in [-0.39, 0.29) is 0 Å². The molecule has 1 unspecified atom stereocenters. The van der Waals surface area contributed by atoms with E-state index < -0.39 is 0 Å². The van der Waals surface area contributed by atoms with Gasteiger partial charge in [-0.15, -0.1) is 0 Å². The fourth-order valence-electron chi connectivity index (χ4n) is 3.58. The molecule has 3 N–H and O–H groups in total. The predicted octanol–water partition coefficient (Wildman–Crippen LogP) is 2.92. The van der Waals surface area contributed by atoms with E-state index in [9.17, 15) is 0 Å². The highest BCUT2D eigenvalue weighted by atomic mass is 15.2. The molecule has 1 heterocycles. The van der Waals surface area contributed by atoms with Crippen LogP contribution in [-0.4, -0.2) is 15.6 Å². The number of aryl methyl sites for hydroxylation is 1. The molecule has 1 fully saturated rings. The van der Waals surface area contributed by atoms with Crippen LogP contribution in [0.4, 0.5) is 0 Å². The lowest BCUT2D eigenvalue weighted by molar-refractivity contribution is 0.401. The first-order chi connectivity index (χ1) is 10.3. The Hall–Kier alpha value is -1.39. The molecule has 1 aromatic heterocycles. The maximum atomic E-state index is 5.76. The van der Waals surface area contributed by atoms with Gasteiger partial charge in [0, 0.05) is 19.5 Å². The molecule has 0 spiro atoms. The highest BCUT2D eigenvalue weighted by Gasteiger charge is 2.18. The number of nitrogens with one attached hydrogen (secondary N) is 1. The molecule has 1 aliphatic rings. The van der Waals surface area contributed by atoms with Gasteiger partial charge in [0.1, 0.15) is 5.82 Å². The zero-order chi connectivity index (χ0) is 14.7. The lowest BCUT2D eigenvalue weighted by Gasteiger charge is -2.17. The van der Waals surface area contributed by atoms with Crippen LogP contribution in [-0.2, 0) is 13.5 Å². The van der Waals surface area contributed by atoms with Crippen LogP contribution < -0.4 is 11.3 Å². The maximum absolute atomic E-state index is 5.76.